The van der Waals surface area contributed by atoms with Gasteiger partial charge in [-0.15, -0.1) is 0 Å². The Morgan fingerprint density at radius 1 is 0.895 bits per heavy atom. The minimum atomic E-state index is -0.905. The van der Waals surface area contributed by atoms with Crippen LogP contribution < -0.4 is 5.30 Å². The highest BCUT2D eigenvalue weighted by molar-refractivity contribution is 7.56. The number of benzene rings is 1. The number of unbranched alkanes of at least 4 members (excludes halogenated alkanes) is 1. The fourth-order valence-corrected chi connectivity index (χ4v) is 3.47. The van der Waals surface area contributed by atoms with E-state index in [1.807, 2.05) is 0 Å². The Balaban J connectivity index is 2.79. The molecule has 0 bridgehead atoms. The van der Waals surface area contributed by atoms with Crippen molar-refractivity contribution in [2.45, 2.75) is 52.9 Å². The minimum absolute atomic E-state index is 0.775. The lowest BCUT2D eigenvalue weighted by Crippen LogP contribution is -2.12. The Bertz CT molecular complexity index is 333. The SMILES string of the molecule is CCCCc1ccccc1P(OCCC)OCCC. The van der Waals surface area contributed by atoms with Gasteiger partial charge < -0.3 is 9.05 Å². The van der Waals surface area contributed by atoms with Gasteiger partial charge in [0.15, 0.2) is 0 Å². The van der Waals surface area contributed by atoms with Gasteiger partial charge in [0.25, 0.3) is 0 Å². The summed E-state index contributed by atoms with van der Waals surface area (Å²) in [6, 6.07) is 8.58. The van der Waals surface area contributed by atoms with E-state index in [-0.39, 0.29) is 0 Å². The molecule has 0 radical (unpaired) electrons. The van der Waals surface area contributed by atoms with Crippen LogP contribution in [0.4, 0.5) is 0 Å². The molecule has 0 heterocycles. The zero-order valence-corrected chi connectivity index (χ0v) is 13.4. The van der Waals surface area contributed by atoms with Crippen molar-refractivity contribution < 1.29 is 9.05 Å². The molecular weight excluding hydrogens is 255 g/mol. The normalized spacial score (nSPS) is 11.2. The van der Waals surface area contributed by atoms with Gasteiger partial charge in [-0.1, -0.05) is 45.4 Å². The van der Waals surface area contributed by atoms with Crippen molar-refractivity contribution in [3.8, 4) is 0 Å². The first kappa shape index (κ1) is 16.6. The predicted octanol–water partition coefficient (Wildman–Crippen LogP) is 4.82. The maximum Gasteiger partial charge on any atom is 0.205 e. The van der Waals surface area contributed by atoms with E-state index < -0.39 is 8.38 Å². The highest BCUT2D eigenvalue weighted by atomic mass is 31.2. The second-order valence-electron chi connectivity index (χ2n) is 4.66. The van der Waals surface area contributed by atoms with Gasteiger partial charge in [-0.05, 0) is 37.3 Å². The van der Waals surface area contributed by atoms with Crippen LogP contribution in [0, 0.1) is 0 Å². The second kappa shape index (κ2) is 10.4. The Labute approximate surface area is 119 Å². The van der Waals surface area contributed by atoms with Crippen LogP contribution in [-0.4, -0.2) is 13.2 Å². The molecule has 1 aromatic rings. The molecule has 1 rings (SSSR count). The van der Waals surface area contributed by atoms with Crippen molar-refractivity contribution >= 4 is 13.7 Å². The smallest absolute Gasteiger partial charge is 0.205 e. The molecule has 0 aliphatic heterocycles. The molecule has 1 aromatic carbocycles. The van der Waals surface area contributed by atoms with Crippen molar-refractivity contribution in [3.63, 3.8) is 0 Å². The molecule has 19 heavy (non-hydrogen) atoms. The van der Waals surface area contributed by atoms with Gasteiger partial charge in [0.2, 0.25) is 8.38 Å². The lowest BCUT2D eigenvalue weighted by molar-refractivity contribution is 0.257. The number of hydrogen-bond donors (Lipinski definition) is 0. The van der Waals surface area contributed by atoms with Crippen molar-refractivity contribution in [1.29, 1.82) is 0 Å². The molecule has 0 saturated carbocycles. The largest absolute Gasteiger partial charge is 0.331 e. The molecule has 0 atom stereocenters. The molecule has 0 N–H and O–H groups in total. The summed E-state index contributed by atoms with van der Waals surface area (Å²) in [5.74, 6) is 0. The van der Waals surface area contributed by atoms with Crippen LogP contribution in [0.15, 0.2) is 24.3 Å². The average Bonchev–Trinajstić information content (AvgIpc) is 2.46. The third kappa shape index (κ3) is 6.03. The van der Waals surface area contributed by atoms with E-state index in [1.165, 1.54) is 23.7 Å². The fourth-order valence-electron chi connectivity index (χ4n) is 1.79. The van der Waals surface area contributed by atoms with Gasteiger partial charge in [-0.2, -0.15) is 0 Å². The Kier molecular flexibility index (Phi) is 9.07. The van der Waals surface area contributed by atoms with E-state index >= 15 is 0 Å². The molecule has 108 valence electrons. The number of hydrogen-bond acceptors (Lipinski definition) is 2. The van der Waals surface area contributed by atoms with Crippen LogP contribution in [0.1, 0.15) is 52.0 Å². The molecule has 0 unspecified atom stereocenters. The molecule has 0 spiro atoms. The summed E-state index contributed by atoms with van der Waals surface area (Å²) >= 11 is 0. The molecule has 2 nitrogen and oxygen atoms in total. The van der Waals surface area contributed by atoms with Crippen molar-refractivity contribution in [1.82, 2.24) is 0 Å². The van der Waals surface area contributed by atoms with Crippen LogP contribution in [0.5, 0.6) is 0 Å². The average molecular weight is 282 g/mol. The van der Waals surface area contributed by atoms with Crippen molar-refractivity contribution in [2.75, 3.05) is 13.2 Å². The molecule has 0 fully saturated rings. The third-order valence-corrected chi connectivity index (χ3v) is 4.48. The topological polar surface area (TPSA) is 18.5 Å². The lowest BCUT2D eigenvalue weighted by Gasteiger charge is -2.20. The van der Waals surface area contributed by atoms with Gasteiger partial charge in [-0.3, -0.25) is 0 Å². The van der Waals surface area contributed by atoms with Crippen LogP contribution in [0.3, 0.4) is 0 Å². The van der Waals surface area contributed by atoms with E-state index in [2.05, 4.69) is 45.0 Å². The lowest BCUT2D eigenvalue weighted by atomic mass is 10.1. The van der Waals surface area contributed by atoms with Crippen LogP contribution in [-0.2, 0) is 15.5 Å². The molecule has 0 aliphatic carbocycles. The summed E-state index contributed by atoms with van der Waals surface area (Å²) in [5, 5.41) is 1.27. The van der Waals surface area contributed by atoms with Gasteiger partial charge in [0, 0.05) is 5.30 Å². The summed E-state index contributed by atoms with van der Waals surface area (Å²) in [6.07, 6.45) is 5.63. The van der Waals surface area contributed by atoms with Gasteiger partial charge in [0.05, 0.1) is 13.2 Å². The zero-order chi connectivity index (χ0) is 13.9. The monoisotopic (exact) mass is 282 g/mol. The van der Waals surface area contributed by atoms with Crippen LogP contribution >= 0.6 is 8.38 Å². The molecule has 3 heteroatoms. The molecule has 0 aliphatic rings. The number of aryl methyl sites for hydroxylation is 1. The molecular formula is C16H27O2P. The van der Waals surface area contributed by atoms with E-state index in [0.717, 1.165) is 32.5 Å². The maximum atomic E-state index is 5.94. The zero-order valence-electron chi connectivity index (χ0n) is 12.5. The van der Waals surface area contributed by atoms with E-state index in [4.69, 9.17) is 9.05 Å². The summed E-state index contributed by atoms with van der Waals surface area (Å²) in [5.41, 5.74) is 1.39. The summed E-state index contributed by atoms with van der Waals surface area (Å²) in [7, 11) is -0.905. The first-order valence-electron chi connectivity index (χ1n) is 7.47. The summed E-state index contributed by atoms with van der Waals surface area (Å²) in [4.78, 5) is 0. The molecule has 0 aromatic heterocycles. The Hall–Kier alpha value is -0.430. The Morgan fingerprint density at radius 3 is 2.11 bits per heavy atom. The third-order valence-electron chi connectivity index (χ3n) is 2.81. The quantitative estimate of drug-likeness (QED) is 0.573. The minimum Gasteiger partial charge on any atom is -0.331 e. The number of rotatable bonds is 10. The van der Waals surface area contributed by atoms with Gasteiger partial charge >= 0.3 is 0 Å². The fraction of sp³-hybridized carbons (Fsp3) is 0.625. The van der Waals surface area contributed by atoms with Gasteiger partial charge in [0.1, 0.15) is 0 Å². The molecule has 0 amide bonds. The van der Waals surface area contributed by atoms with E-state index in [1.54, 1.807) is 0 Å². The first-order valence-corrected chi connectivity index (χ1v) is 8.65. The maximum absolute atomic E-state index is 5.94. The van der Waals surface area contributed by atoms with Crippen molar-refractivity contribution in [3.05, 3.63) is 29.8 Å². The van der Waals surface area contributed by atoms with E-state index in [0.29, 0.717) is 0 Å². The summed E-state index contributed by atoms with van der Waals surface area (Å²) < 4.78 is 11.9. The Morgan fingerprint density at radius 2 is 1.53 bits per heavy atom. The highest BCUT2D eigenvalue weighted by Gasteiger charge is 2.16. The van der Waals surface area contributed by atoms with Crippen LogP contribution in [0.2, 0.25) is 0 Å². The van der Waals surface area contributed by atoms with Crippen molar-refractivity contribution in [2.24, 2.45) is 0 Å². The second-order valence-corrected chi connectivity index (χ2v) is 6.17. The van der Waals surface area contributed by atoms with Gasteiger partial charge in [-0.25, -0.2) is 0 Å². The summed E-state index contributed by atoms with van der Waals surface area (Å²) in [6.45, 7) is 8.05. The first-order chi connectivity index (χ1) is 9.33. The predicted molar refractivity (Wildman–Crippen MR) is 84.1 cm³/mol. The standard InChI is InChI=1S/C16H27O2P/c1-4-7-10-15-11-8-9-12-16(15)19(17-13-5-2)18-14-6-3/h8-9,11-12H,4-7,10,13-14H2,1-3H3. The van der Waals surface area contributed by atoms with Crippen LogP contribution in [0.25, 0.3) is 0 Å². The molecule has 0 saturated heterocycles. The highest BCUT2D eigenvalue weighted by Crippen LogP contribution is 2.38. The van der Waals surface area contributed by atoms with E-state index in [9.17, 15) is 0 Å².